The number of ether oxygens (including phenoxy) is 2. The van der Waals surface area contributed by atoms with Gasteiger partial charge in [0, 0.05) is 11.1 Å². The maximum absolute atomic E-state index is 14.9. The fourth-order valence-corrected chi connectivity index (χ4v) is 4.28. The first-order valence-corrected chi connectivity index (χ1v) is 14.2. The first kappa shape index (κ1) is 28.6. The third-order valence-electron chi connectivity index (χ3n) is 6.54. The second kappa shape index (κ2) is 16.7. The SMILES string of the molecule is CCCCCCCCOc1ccc(-c2cnc(-c3ccc(OCCCCCCCC)cc3)c(F)n2)cc1. The quantitative estimate of drug-likeness (QED) is 0.161. The minimum absolute atomic E-state index is 0.241. The topological polar surface area (TPSA) is 44.2 Å². The first-order chi connectivity index (χ1) is 18.2. The van der Waals surface area contributed by atoms with E-state index in [1.807, 2.05) is 48.5 Å². The number of hydrogen-bond acceptors (Lipinski definition) is 4. The van der Waals surface area contributed by atoms with Crippen LogP contribution in [0.5, 0.6) is 11.5 Å². The largest absolute Gasteiger partial charge is 0.494 e. The van der Waals surface area contributed by atoms with E-state index >= 15 is 0 Å². The zero-order chi connectivity index (χ0) is 26.1. The average Bonchev–Trinajstić information content (AvgIpc) is 2.93. The molecule has 0 unspecified atom stereocenters. The molecule has 2 aromatic carbocycles. The van der Waals surface area contributed by atoms with Gasteiger partial charge in [-0.1, -0.05) is 78.1 Å². The highest BCUT2D eigenvalue weighted by Gasteiger charge is 2.11. The fraction of sp³-hybridized carbons (Fsp3) is 0.500. The summed E-state index contributed by atoms with van der Waals surface area (Å²) in [6, 6.07) is 15.0. The molecule has 5 heteroatoms. The van der Waals surface area contributed by atoms with E-state index in [2.05, 4.69) is 23.8 Å². The minimum Gasteiger partial charge on any atom is -0.494 e. The Morgan fingerprint density at radius 3 is 1.54 bits per heavy atom. The Morgan fingerprint density at radius 1 is 0.595 bits per heavy atom. The number of rotatable bonds is 18. The Morgan fingerprint density at radius 2 is 1.05 bits per heavy atom. The van der Waals surface area contributed by atoms with Crippen LogP contribution in [0.4, 0.5) is 4.39 Å². The number of hydrogen-bond donors (Lipinski definition) is 0. The molecule has 3 aromatic rings. The second-order valence-electron chi connectivity index (χ2n) is 9.68. The van der Waals surface area contributed by atoms with Crippen LogP contribution in [0.25, 0.3) is 22.5 Å². The van der Waals surface area contributed by atoms with Crippen molar-refractivity contribution in [2.24, 2.45) is 0 Å². The third kappa shape index (κ3) is 10.1. The number of halogens is 1. The number of benzene rings is 2. The van der Waals surface area contributed by atoms with E-state index in [0.29, 0.717) is 17.9 Å². The summed E-state index contributed by atoms with van der Waals surface area (Å²) >= 11 is 0. The molecule has 200 valence electrons. The van der Waals surface area contributed by atoms with Gasteiger partial charge in [0.15, 0.2) is 0 Å². The number of aromatic nitrogens is 2. The normalized spacial score (nSPS) is 11.0. The van der Waals surface area contributed by atoms with Crippen molar-refractivity contribution in [3.63, 3.8) is 0 Å². The van der Waals surface area contributed by atoms with Crippen molar-refractivity contribution in [3.05, 3.63) is 60.7 Å². The second-order valence-corrected chi connectivity index (χ2v) is 9.68. The van der Waals surface area contributed by atoms with E-state index in [1.165, 1.54) is 64.2 Å². The highest BCUT2D eigenvalue weighted by molar-refractivity contribution is 5.64. The van der Waals surface area contributed by atoms with Crippen molar-refractivity contribution in [2.75, 3.05) is 13.2 Å². The van der Waals surface area contributed by atoms with Gasteiger partial charge in [-0.2, -0.15) is 4.39 Å². The predicted octanol–water partition coefficient (Wildman–Crippen LogP) is 9.43. The zero-order valence-electron chi connectivity index (χ0n) is 22.7. The van der Waals surface area contributed by atoms with Gasteiger partial charge in [-0.25, -0.2) is 9.97 Å². The highest BCUT2D eigenvalue weighted by atomic mass is 19.1. The Bertz CT molecular complexity index is 1020. The van der Waals surface area contributed by atoms with Crippen LogP contribution in [-0.4, -0.2) is 23.2 Å². The lowest BCUT2D eigenvalue weighted by atomic mass is 10.1. The van der Waals surface area contributed by atoms with Gasteiger partial charge in [-0.05, 0) is 61.4 Å². The number of nitrogens with zero attached hydrogens (tertiary/aromatic N) is 2. The Kier molecular flexibility index (Phi) is 12.9. The highest BCUT2D eigenvalue weighted by Crippen LogP contribution is 2.26. The molecular weight excluding hydrogens is 463 g/mol. The summed E-state index contributed by atoms with van der Waals surface area (Å²) < 4.78 is 26.5. The molecule has 0 aliphatic heterocycles. The molecule has 3 rings (SSSR count). The van der Waals surface area contributed by atoms with Crippen LogP contribution in [0.15, 0.2) is 54.7 Å². The molecule has 0 aliphatic rings. The molecule has 0 atom stereocenters. The van der Waals surface area contributed by atoms with Crippen LogP contribution in [0, 0.1) is 5.95 Å². The summed E-state index contributed by atoms with van der Waals surface area (Å²) in [6.07, 6.45) is 16.4. The van der Waals surface area contributed by atoms with Crippen LogP contribution in [0.3, 0.4) is 0 Å². The van der Waals surface area contributed by atoms with Crippen molar-refractivity contribution in [2.45, 2.75) is 90.9 Å². The van der Waals surface area contributed by atoms with Gasteiger partial charge in [0.1, 0.15) is 17.2 Å². The summed E-state index contributed by atoms with van der Waals surface area (Å²) in [6.45, 7) is 5.88. The number of unbranched alkanes of at least 4 members (excludes halogenated alkanes) is 10. The average molecular weight is 507 g/mol. The fourth-order valence-electron chi connectivity index (χ4n) is 4.28. The van der Waals surface area contributed by atoms with E-state index in [1.54, 1.807) is 6.20 Å². The summed E-state index contributed by atoms with van der Waals surface area (Å²) in [4.78, 5) is 8.54. The summed E-state index contributed by atoms with van der Waals surface area (Å²) in [5.74, 6) is 1.03. The standard InChI is InChI=1S/C32H43FN2O2/c1-3-5-7-9-11-13-23-36-28-19-15-26(16-20-28)30-25-34-31(32(33)35-30)27-17-21-29(22-18-27)37-24-14-12-10-8-6-4-2/h15-22,25H,3-14,23-24H2,1-2H3. The van der Waals surface area contributed by atoms with Gasteiger partial charge in [0.05, 0.1) is 25.1 Å². The minimum atomic E-state index is -0.582. The van der Waals surface area contributed by atoms with E-state index < -0.39 is 5.95 Å². The lowest BCUT2D eigenvalue weighted by Gasteiger charge is -2.09. The van der Waals surface area contributed by atoms with E-state index in [4.69, 9.17) is 9.47 Å². The molecule has 0 aliphatic carbocycles. The van der Waals surface area contributed by atoms with Gasteiger partial charge in [0.2, 0.25) is 5.95 Å². The van der Waals surface area contributed by atoms with E-state index in [0.717, 1.165) is 36.5 Å². The van der Waals surface area contributed by atoms with Crippen molar-refractivity contribution >= 4 is 0 Å². The monoisotopic (exact) mass is 506 g/mol. The Labute approximate surface area is 222 Å². The van der Waals surface area contributed by atoms with Gasteiger partial charge in [-0.15, -0.1) is 0 Å². The zero-order valence-corrected chi connectivity index (χ0v) is 22.7. The van der Waals surface area contributed by atoms with E-state index in [9.17, 15) is 4.39 Å². The molecule has 1 heterocycles. The molecule has 0 spiro atoms. The van der Waals surface area contributed by atoms with Crippen LogP contribution in [0.1, 0.15) is 90.9 Å². The van der Waals surface area contributed by atoms with Crippen LogP contribution < -0.4 is 9.47 Å². The van der Waals surface area contributed by atoms with E-state index in [-0.39, 0.29) is 5.69 Å². The lowest BCUT2D eigenvalue weighted by molar-refractivity contribution is 0.304. The molecule has 0 saturated heterocycles. The molecule has 37 heavy (non-hydrogen) atoms. The molecule has 0 bridgehead atoms. The molecule has 4 nitrogen and oxygen atoms in total. The van der Waals surface area contributed by atoms with Gasteiger partial charge in [-0.3, -0.25) is 0 Å². The summed E-state index contributed by atoms with van der Waals surface area (Å²) in [5.41, 5.74) is 2.23. The predicted molar refractivity (Wildman–Crippen MR) is 151 cm³/mol. The van der Waals surface area contributed by atoms with Crippen molar-refractivity contribution in [1.29, 1.82) is 0 Å². The van der Waals surface area contributed by atoms with Crippen LogP contribution >= 0.6 is 0 Å². The molecule has 0 amide bonds. The molecular formula is C32H43FN2O2. The molecule has 1 aromatic heterocycles. The maximum Gasteiger partial charge on any atom is 0.239 e. The first-order valence-electron chi connectivity index (χ1n) is 14.2. The smallest absolute Gasteiger partial charge is 0.239 e. The van der Waals surface area contributed by atoms with Gasteiger partial charge >= 0.3 is 0 Å². The Hall–Kier alpha value is -2.95. The van der Waals surface area contributed by atoms with Gasteiger partial charge < -0.3 is 9.47 Å². The van der Waals surface area contributed by atoms with Crippen molar-refractivity contribution in [3.8, 4) is 34.0 Å². The summed E-state index contributed by atoms with van der Waals surface area (Å²) in [7, 11) is 0. The van der Waals surface area contributed by atoms with Crippen molar-refractivity contribution < 1.29 is 13.9 Å². The summed E-state index contributed by atoms with van der Waals surface area (Å²) in [5, 5.41) is 0. The third-order valence-corrected chi connectivity index (χ3v) is 6.54. The van der Waals surface area contributed by atoms with Crippen molar-refractivity contribution in [1.82, 2.24) is 9.97 Å². The lowest BCUT2D eigenvalue weighted by Crippen LogP contribution is -1.99. The molecule has 0 N–H and O–H groups in total. The van der Waals surface area contributed by atoms with Crippen LogP contribution in [-0.2, 0) is 0 Å². The van der Waals surface area contributed by atoms with Gasteiger partial charge in [0.25, 0.3) is 0 Å². The Balaban J connectivity index is 1.47. The molecule has 0 saturated carbocycles. The maximum atomic E-state index is 14.9. The molecule has 0 radical (unpaired) electrons. The molecule has 0 fully saturated rings. The van der Waals surface area contributed by atoms with Crippen LogP contribution in [0.2, 0.25) is 0 Å².